The van der Waals surface area contributed by atoms with Gasteiger partial charge in [0, 0.05) is 34.1 Å². The first-order valence-corrected chi connectivity index (χ1v) is 10.2. The van der Waals surface area contributed by atoms with Crippen molar-refractivity contribution < 1.29 is 22.5 Å². The predicted molar refractivity (Wildman–Crippen MR) is 91.6 cm³/mol. The number of halogens is 2. The molecule has 2 unspecified atom stereocenters. The summed E-state index contributed by atoms with van der Waals surface area (Å²) in [5, 5.41) is 7.50. The third-order valence-corrected chi connectivity index (χ3v) is 7.05. The second-order valence-electron chi connectivity index (χ2n) is 7.19. The quantitative estimate of drug-likeness (QED) is 0.789. The Labute approximate surface area is 155 Å². The van der Waals surface area contributed by atoms with Crippen LogP contribution in [0, 0.1) is 23.5 Å². The third-order valence-electron chi connectivity index (χ3n) is 5.53. The summed E-state index contributed by atoms with van der Waals surface area (Å²) in [6, 6.07) is 2.37. The number of ether oxygens (including phenoxy) is 1. The standard InChI is InChI=1S/C17H16F2N4O3S/c18-13-3-9(4-14(19)16(13)15-11-7-27(25)8-12(11)15)23-6-10(26-17(23)24)5-22-2-1-20-21-22/h1-4,10-12,15H,5-8H2/t10-,11-,12+,15?,27?/m0/s1. The first-order valence-electron chi connectivity index (χ1n) is 8.67. The maximum atomic E-state index is 14.7. The van der Waals surface area contributed by atoms with Gasteiger partial charge in [-0.2, -0.15) is 0 Å². The van der Waals surface area contributed by atoms with Gasteiger partial charge in [-0.1, -0.05) is 5.21 Å². The van der Waals surface area contributed by atoms with E-state index in [9.17, 15) is 17.8 Å². The first kappa shape index (κ1) is 16.8. The van der Waals surface area contributed by atoms with E-state index in [1.807, 2.05) is 0 Å². The van der Waals surface area contributed by atoms with Crippen molar-refractivity contribution in [3.05, 3.63) is 41.7 Å². The number of hydrogen-bond acceptors (Lipinski definition) is 5. The molecule has 5 atom stereocenters. The van der Waals surface area contributed by atoms with Crippen molar-refractivity contribution in [2.75, 3.05) is 23.0 Å². The van der Waals surface area contributed by atoms with Gasteiger partial charge >= 0.3 is 6.09 Å². The second-order valence-corrected chi connectivity index (χ2v) is 8.74. The van der Waals surface area contributed by atoms with E-state index < -0.39 is 34.6 Å². The number of amides is 1. The molecule has 0 N–H and O–H groups in total. The molecule has 5 rings (SSSR count). The molecule has 27 heavy (non-hydrogen) atoms. The van der Waals surface area contributed by atoms with Crippen molar-refractivity contribution in [2.45, 2.75) is 18.6 Å². The molecule has 3 aliphatic rings. The average molecular weight is 394 g/mol. The summed E-state index contributed by atoms with van der Waals surface area (Å²) in [4.78, 5) is 13.4. The van der Waals surface area contributed by atoms with Gasteiger partial charge in [-0.05, 0) is 29.9 Å². The maximum Gasteiger partial charge on any atom is 0.414 e. The highest BCUT2D eigenvalue weighted by atomic mass is 32.2. The molecule has 1 amide bonds. The summed E-state index contributed by atoms with van der Waals surface area (Å²) in [5.41, 5.74) is 0.186. The van der Waals surface area contributed by atoms with Crippen molar-refractivity contribution in [3.8, 4) is 0 Å². The average Bonchev–Trinajstić information content (AvgIpc) is 3.06. The van der Waals surface area contributed by atoms with Crippen LogP contribution >= 0.6 is 0 Å². The third kappa shape index (κ3) is 2.82. The van der Waals surface area contributed by atoms with Gasteiger partial charge in [-0.25, -0.2) is 18.3 Å². The van der Waals surface area contributed by atoms with Gasteiger partial charge in [-0.3, -0.25) is 9.11 Å². The Hall–Kier alpha value is -2.36. The number of hydrogen-bond donors (Lipinski definition) is 0. The number of anilines is 1. The number of benzene rings is 1. The Morgan fingerprint density at radius 1 is 1.22 bits per heavy atom. The highest BCUT2D eigenvalue weighted by Crippen LogP contribution is 2.59. The van der Waals surface area contributed by atoms with Gasteiger partial charge < -0.3 is 4.74 Å². The molecule has 1 aliphatic carbocycles. The van der Waals surface area contributed by atoms with Crippen molar-refractivity contribution in [3.63, 3.8) is 0 Å². The number of nitrogens with zero attached hydrogens (tertiary/aromatic N) is 4. The zero-order valence-electron chi connectivity index (χ0n) is 14.1. The van der Waals surface area contributed by atoms with Gasteiger partial charge in [0.15, 0.2) is 0 Å². The predicted octanol–water partition coefficient (Wildman–Crippen LogP) is 1.67. The van der Waals surface area contributed by atoms with Gasteiger partial charge in [0.25, 0.3) is 0 Å². The normalized spacial score (nSPS) is 31.9. The van der Waals surface area contributed by atoms with Crippen molar-refractivity contribution >= 4 is 22.6 Å². The summed E-state index contributed by atoms with van der Waals surface area (Å²) >= 11 is 0. The lowest BCUT2D eigenvalue weighted by atomic mass is 10.1. The zero-order chi connectivity index (χ0) is 18.7. The summed E-state index contributed by atoms with van der Waals surface area (Å²) < 4.78 is 47.6. The van der Waals surface area contributed by atoms with Crippen LogP contribution < -0.4 is 4.90 Å². The molecule has 142 valence electrons. The Morgan fingerprint density at radius 3 is 2.56 bits per heavy atom. The molecule has 3 fully saturated rings. The van der Waals surface area contributed by atoms with E-state index in [2.05, 4.69) is 10.3 Å². The van der Waals surface area contributed by atoms with E-state index in [-0.39, 0.29) is 35.5 Å². The number of fused-ring (bicyclic) bond motifs is 1. The summed E-state index contributed by atoms with van der Waals surface area (Å²) in [7, 11) is -0.866. The minimum Gasteiger partial charge on any atom is -0.442 e. The molecule has 1 saturated carbocycles. The minimum atomic E-state index is -0.866. The van der Waals surface area contributed by atoms with Crippen LogP contribution in [0.2, 0.25) is 0 Å². The Kier molecular flexibility index (Phi) is 3.78. The molecule has 2 aliphatic heterocycles. The van der Waals surface area contributed by atoms with Crippen LogP contribution in [0.4, 0.5) is 19.3 Å². The van der Waals surface area contributed by atoms with Crippen LogP contribution in [0.25, 0.3) is 0 Å². The highest BCUT2D eigenvalue weighted by Gasteiger charge is 2.58. The molecule has 0 bridgehead atoms. The van der Waals surface area contributed by atoms with Crippen molar-refractivity contribution in [1.29, 1.82) is 0 Å². The topological polar surface area (TPSA) is 77.3 Å². The van der Waals surface area contributed by atoms with Crippen LogP contribution in [0.15, 0.2) is 24.5 Å². The Balaban J connectivity index is 1.35. The van der Waals surface area contributed by atoms with E-state index in [0.717, 1.165) is 0 Å². The minimum absolute atomic E-state index is 0.0529. The van der Waals surface area contributed by atoms with Gasteiger partial charge in [0.2, 0.25) is 0 Å². The van der Waals surface area contributed by atoms with Crippen LogP contribution in [0.3, 0.4) is 0 Å². The van der Waals surface area contributed by atoms with Crippen LogP contribution in [-0.4, -0.2) is 49.5 Å². The van der Waals surface area contributed by atoms with E-state index in [1.165, 1.54) is 27.9 Å². The van der Waals surface area contributed by atoms with E-state index >= 15 is 0 Å². The number of rotatable bonds is 4. The van der Waals surface area contributed by atoms with E-state index in [0.29, 0.717) is 18.1 Å². The SMILES string of the molecule is O=C1O[C@@H](Cn2ccnn2)CN1c1cc(F)c(C2[C@H]3CS(=O)C[C@@H]23)c(F)c1. The van der Waals surface area contributed by atoms with Crippen molar-refractivity contribution in [2.24, 2.45) is 11.8 Å². The second kappa shape index (κ2) is 6.08. The molecular formula is C17H16F2N4O3S. The molecule has 0 radical (unpaired) electrons. The molecule has 1 aromatic heterocycles. The fourth-order valence-electron chi connectivity index (χ4n) is 4.24. The molecule has 2 aromatic rings. The van der Waals surface area contributed by atoms with Gasteiger partial charge in [0.1, 0.15) is 17.7 Å². The molecular weight excluding hydrogens is 378 g/mol. The Bertz CT molecular complexity index is 901. The lowest BCUT2D eigenvalue weighted by Crippen LogP contribution is -2.26. The number of carbonyl (C=O) groups is 1. The first-order chi connectivity index (χ1) is 13.0. The monoisotopic (exact) mass is 394 g/mol. The number of carbonyl (C=O) groups excluding carboxylic acids is 1. The number of cyclic esters (lactones) is 1. The summed E-state index contributed by atoms with van der Waals surface area (Å²) in [6.07, 6.45) is 2.03. The van der Waals surface area contributed by atoms with Crippen LogP contribution in [0.5, 0.6) is 0 Å². The summed E-state index contributed by atoms with van der Waals surface area (Å²) in [5.74, 6) is -0.307. The van der Waals surface area contributed by atoms with Crippen LogP contribution in [0.1, 0.15) is 11.5 Å². The van der Waals surface area contributed by atoms with Crippen molar-refractivity contribution in [1.82, 2.24) is 15.0 Å². The highest BCUT2D eigenvalue weighted by molar-refractivity contribution is 7.85. The maximum absolute atomic E-state index is 14.7. The molecule has 2 saturated heterocycles. The molecule has 3 heterocycles. The van der Waals surface area contributed by atoms with Crippen LogP contribution in [-0.2, 0) is 22.1 Å². The molecule has 1 aromatic carbocycles. The largest absolute Gasteiger partial charge is 0.442 e. The molecule has 10 heteroatoms. The fraction of sp³-hybridized carbons (Fsp3) is 0.471. The smallest absolute Gasteiger partial charge is 0.414 e. The fourth-order valence-corrected chi connectivity index (χ4v) is 6.14. The van der Waals surface area contributed by atoms with E-state index in [1.54, 1.807) is 6.20 Å². The van der Waals surface area contributed by atoms with E-state index in [4.69, 9.17) is 4.74 Å². The molecule has 7 nitrogen and oxygen atoms in total. The van der Waals surface area contributed by atoms with Gasteiger partial charge in [0.05, 0.1) is 25.0 Å². The summed E-state index contributed by atoms with van der Waals surface area (Å²) in [6.45, 7) is 0.485. The zero-order valence-corrected chi connectivity index (χ0v) is 14.9. The lowest BCUT2D eigenvalue weighted by molar-refractivity contribution is 0.129. The Morgan fingerprint density at radius 2 is 1.93 bits per heavy atom. The van der Waals surface area contributed by atoms with Gasteiger partial charge in [-0.15, -0.1) is 5.10 Å². The molecule has 0 spiro atoms. The lowest BCUT2D eigenvalue weighted by Gasteiger charge is -2.16. The number of aromatic nitrogens is 3.